The Kier molecular flexibility index (Phi) is 2.51. The zero-order chi connectivity index (χ0) is 16.0. The van der Waals surface area contributed by atoms with Crippen molar-refractivity contribution in [3.8, 4) is 0 Å². The first-order valence-corrected chi connectivity index (χ1v) is 6.69. The van der Waals surface area contributed by atoms with Gasteiger partial charge in [0.25, 0.3) is 0 Å². The summed E-state index contributed by atoms with van der Waals surface area (Å²) in [5.74, 6) is 0.815. The van der Waals surface area contributed by atoms with Crippen LogP contribution >= 0.6 is 0 Å². The van der Waals surface area contributed by atoms with E-state index >= 15 is 0 Å². The number of hydrogen-bond acceptors (Lipinski definition) is 4. The summed E-state index contributed by atoms with van der Waals surface area (Å²) in [6.45, 7) is 1.94. The summed E-state index contributed by atoms with van der Waals surface area (Å²) in [6, 6.07) is 9.98. The standard InChI is InChI=1S/C16H20N2O2/c1-15(11-12-7-5-4-6-8-12)13(19-2)18-16(9-10-16)14(17-15)20-3/h4-8H,9-11H2,1-3H3/t15-/m1/s1/i9D2/t15-,16-. The molecule has 1 saturated carbocycles. The Labute approximate surface area is 122 Å². The van der Waals surface area contributed by atoms with Crippen LogP contribution in [0.5, 0.6) is 0 Å². The van der Waals surface area contributed by atoms with E-state index in [-0.39, 0.29) is 6.42 Å². The molecule has 4 heteroatoms. The molecule has 1 fully saturated rings. The topological polar surface area (TPSA) is 43.2 Å². The Morgan fingerprint density at radius 2 is 1.80 bits per heavy atom. The summed E-state index contributed by atoms with van der Waals surface area (Å²) in [4.78, 5) is 9.25. The van der Waals surface area contributed by atoms with Gasteiger partial charge in [-0.3, -0.25) is 0 Å². The first kappa shape index (κ1) is 10.9. The van der Waals surface area contributed by atoms with Crippen LogP contribution in [0.15, 0.2) is 40.3 Å². The predicted octanol–water partition coefficient (Wildman–Crippen LogP) is 2.62. The Morgan fingerprint density at radius 3 is 2.35 bits per heavy atom. The van der Waals surface area contributed by atoms with Gasteiger partial charge in [-0.25, -0.2) is 9.98 Å². The molecule has 0 amide bonds. The molecule has 0 saturated heterocycles. The number of ether oxygens (including phenoxy) is 2. The Morgan fingerprint density at radius 1 is 1.15 bits per heavy atom. The van der Waals surface area contributed by atoms with E-state index < -0.39 is 17.5 Å². The molecule has 1 aliphatic heterocycles. The van der Waals surface area contributed by atoms with Crippen LogP contribution in [0.4, 0.5) is 0 Å². The Hall–Kier alpha value is -1.84. The molecular formula is C16H20N2O2. The molecule has 2 aliphatic rings. The van der Waals surface area contributed by atoms with Gasteiger partial charge in [-0.1, -0.05) is 30.3 Å². The first-order chi connectivity index (χ1) is 10.4. The second-order valence-electron chi connectivity index (χ2n) is 5.39. The van der Waals surface area contributed by atoms with Crippen LogP contribution in [-0.4, -0.2) is 37.1 Å². The van der Waals surface area contributed by atoms with Crippen LogP contribution in [0.25, 0.3) is 0 Å². The van der Waals surface area contributed by atoms with Crippen LogP contribution in [0, 0.1) is 0 Å². The lowest BCUT2D eigenvalue weighted by atomic mass is 9.91. The number of hydrogen-bond donors (Lipinski definition) is 0. The minimum absolute atomic E-state index is 0.279. The maximum Gasteiger partial charge on any atom is 0.213 e. The van der Waals surface area contributed by atoms with Gasteiger partial charge in [-0.2, -0.15) is 0 Å². The van der Waals surface area contributed by atoms with Crippen molar-refractivity contribution < 1.29 is 12.2 Å². The van der Waals surface area contributed by atoms with Gasteiger partial charge in [-0.05, 0) is 25.3 Å². The molecule has 1 aliphatic carbocycles. The minimum atomic E-state index is -1.43. The van der Waals surface area contributed by atoms with E-state index in [0.29, 0.717) is 18.2 Å². The summed E-state index contributed by atoms with van der Waals surface area (Å²) in [7, 11) is 3.08. The fourth-order valence-electron chi connectivity index (χ4n) is 2.61. The molecule has 106 valence electrons. The van der Waals surface area contributed by atoms with Crippen molar-refractivity contribution in [3.05, 3.63) is 35.9 Å². The van der Waals surface area contributed by atoms with E-state index in [9.17, 15) is 0 Å². The van der Waals surface area contributed by atoms with Crippen molar-refractivity contribution in [2.24, 2.45) is 9.98 Å². The van der Waals surface area contributed by atoms with E-state index in [2.05, 4.69) is 9.98 Å². The highest BCUT2D eigenvalue weighted by Crippen LogP contribution is 2.45. The molecule has 0 aromatic heterocycles. The van der Waals surface area contributed by atoms with Gasteiger partial charge in [-0.15, -0.1) is 0 Å². The average Bonchev–Trinajstić information content (AvgIpc) is 3.04. The fraction of sp³-hybridized carbons (Fsp3) is 0.500. The second-order valence-corrected chi connectivity index (χ2v) is 5.39. The maximum atomic E-state index is 7.98. The van der Waals surface area contributed by atoms with Crippen molar-refractivity contribution in [1.82, 2.24) is 0 Å². The van der Waals surface area contributed by atoms with Crippen molar-refractivity contribution >= 4 is 11.8 Å². The average molecular weight is 274 g/mol. The van der Waals surface area contributed by atoms with Crippen LogP contribution in [0.1, 0.15) is 28.0 Å². The van der Waals surface area contributed by atoms with Gasteiger partial charge in [0, 0.05) is 9.16 Å². The second kappa shape index (κ2) is 4.62. The smallest absolute Gasteiger partial charge is 0.213 e. The van der Waals surface area contributed by atoms with E-state index in [1.165, 1.54) is 7.11 Å². The Balaban J connectivity index is 1.99. The van der Waals surface area contributed by atoms with Crippen LogP contribution in [0.3, 0.4) is 0 Å². The van der Waals surface area contributed by atoms with Crippen molar-refractivity contribution in [3.63, 3.8) is 0 Å². The van der Waals surface area contributed by atoms with Crippen molar-refractivity contribution in [2.45, 2.75) is 37.2 Å². The normalized spacial score (nSPS) is 35.5. The molecule has 20 heavy (non-hydrogen) atoms. The van der Waals surface area contributed by atoms with Crippen LogP contribution in [0.2, 0.25) is 0 Å². The number of rotatable bonds is 2. The molecule has 4 nitrogen and oxygen atoms in total. The molecule has 2 atom stereocenters. The third-order valence-corrected chi connectivity index (χ3v) is 3.74. The van der Waals surface area contributed by atoms with Gasteiger partial charge in [0.2, 0.25) is 11.8 Å². The fourth-order valence-corrected chi connectivity index (χ4v) is 2.61. The van der Waals surface area contributed by atoms with Gasteiger partial charge >= 0.3 is 0 Å². The van der Waals surface area contributed by atoms with Crippen LogP contribution < -0.4 is 0 Å². The minimum Gasteiger partial charge on any atom is -0.483 e. The first-order valence-electron chi connectivity index (χ1n) is 7.69. The zero-order valence-corrected chi connectivity index (χ0v) is 12.0. The Bertz CT molecular complexity index is 645. The molecule has 0 radical (unpaired) electrons. The third-order valence-electron chi connectivity index (χ3n) is 3.74. The number of benzene rings is 1. The van der Waals surface area contributed by atoms with Gasteiger partial charge in [0.15, 0.2) is 0 Å². The van der Waals surface area contributed by atoms with Crippen LogP contribution in [-0.2, 0) is 15.9 Å². The quantitative estimate of drug-likeness (QED) is 0.832. The van der Waals surface area contributed by atoms with E-state index in [1.807, 2.05) is 37.3 Å². The lowest BCUT2D eigenvalue weighted by Crippen LogP contribution is -2.45. The molecule has 1 aromatic rings. The van der Waals surface area contributed by atoms with E-state index in [4.69, 9.17) is 12.2 Å². The molecule has 3 rings (SSSR count). The van der Waals surface area contributed by atoms with Gasteiger partial charge in [0.05, 0.1) is 14.2 Å². The highest BCUT2D eigenvalue weighted by Gasteiger charge is 2.55. The third kappa shape index (κ3) is 2.09. The molecule has 0 N–H and O–H groups in total. The summed E-state index contributed by atoms with van der Waals surface area (Å²) < 4.78 is 26.8. The monoisotopic (exact) mass is 274 g/mol. The highest BCUT2D eigenvalue weighted by atomic mass is 16.5. The lowest BCUT2D eigenvalue weighted by Gasteiger charge is -2.32. The highest BCUT2D eigenvalue weighted by molar-refractivity contribution is 6.00. The molecule has 1 spiro atoms. The number of methoxy groups -OCH3 is 2. The van der Waals surface area contributed by atoms with E-state index in [1.54, 1.807) is 7.11 Å². The summed E-state index contributed by atoms with van der Waals surface area (Å²) in [5, 5.41) is 0. The van der Waals surface area contributed by atoms with Gasteiger partial charge < -0.3 is 9.47 Å². The molecule has 0 bridgehead atoms. The largest absolute Gasteiger partial charge is 0.483 e. The number of nitrogens with zero attached hydrogens (tertiary/aromatic N) is 2. The molecule has 0 unspecified atom stereocenters. The summed E-state index contributed by atoms with van der Waals surface area (Å²) >= 11 is 0. The number of aliphatic imine (C=N–C) groups is 2. The SMILES string of the molecule is [2H]C1([2H])C[C@]12N=C(OC)[C@@](C)(Cc1ccccc1)N=C2OC. The zero-order valence-electron chi connectivity index (χ0n) is 14.0. The predicted molar refractivity (Wildman–Crippen MR) is 79.4 cm³/mol. The van der Waals surface area contributed by atoms with Crippen molar-refractivity contribution in [1.29, 1.82) is 0 Å². The van der Waals surface area contributed by atoms with E-state index in [0.717, 1.165) is 5.56 Å². The molecular weight excluding hydrogens is 252 g/mol. The molecule has 1 heterocycles. The van der Waals surface area contributed by atoms with Gasteiger partial charge in [0.1, 0.15) is 11.1 Å². The molecule has 1 aromatic carbocycles. The summed E-state index contributed by atoms with van der Waals surface area (Å²) in [5.41, 5.74) is -0.585. The van der Waals surface area contributed by atoms with Crippen molar-refractivity contribution in [2.75, 3.05) is 14.2 Å². The maximum absolute atomic E-state index is 7.98. The summed E-state index contributed by atoms with van der Waals surface area (Å²) in [6.07, 6.45) is -0.535. The lowest BCUT2D eigenvalue weighted by molar-refractivity contribution is 0.318.